The maximum Gasteiger partial charge on any atom is 0.283 e. The van der Waals surface area contributed by atoms with Crippen molar-refractivity contribution in [2.24, 2.45) is 4.99 Å². The van der Waals surface area contributed by atoms with Crippen molar-refractivity contribution in [2.75, 3.05) is 7.11 Å². The van der Waals surface area contributed by atoms with Gasteiger partial charge in [-0.2, -0.15) is 4.99 Å². The zero-order valence-electron chi connectivity index (χ0n) is 14.9. The van der Waals surface area contributed by atoms with Crippen LogP contribution in [0.2, 0.25) is 0 Å². The van der Waals surface area contributed by atoms with E-state index in [1.165, 1.54) is 35.5 Å². The fourth-order valence-electron chi connectivity index (χ4n) is 2.63. The lowest BCUT2D eigenvalue weighted by molar-refractivity contribution is 0.0994. The first-order valence-electron chi connectivity index (χ1n) is 7.82. The van der Waals surface area contributed by atoms with Crippen LogP contribution in [0.25, 0.3) is 0 Å². The summed E-state index contributed by atoms with van der Waals surface area (Å²) in [6, 6.07) is 3.85. The summed E-state index contributed by atoms with van der Waals surface area (Å²) in [5.41, 5.74) is 1.20. The van der Waals surface area contributed by atoms with Gasteiger partial charge in [-0.3, -0.25) is 4.79 Å². The molecule has 0 N–H and O–H groups in total. The van der Waals surface area contributed by atoms with Gasteiger partial charge in [-0.05, 0) is 37.5 Å². The number of methoxy groups -OCH3 is 1. The molecule has 2 rings (SSSR count). The van der Waals surface area contributed by atoms with E-state index in [2.05, 4.69) is 25.8 Å². The molecule has 0 saturated carbocycles. The Labute approximate surface area is 145 Å². The molecule has 1 aromatic heterocycles. The first kappa shape index (κ1) is 18.4. The molecule has 2 aromatic rings. The molecule has 1 heterocycles. The van der Waals surface area contributed by atoms with Crippen molar-refractivity contribution in [3.63, 3.8) is 0 Å². The number of hydrogen-bond donors (Lipinski definition) is 0. The number of hydrogen-bond acceptors (Lipinski definition) is 3. The van der Waals surface area contributed by atoms with Gasteiger partial charge in [-0.1, -0.05) is 20.8 Å². The highest BCUT2D eigenvalue weighted by molar-refractivity contribution is 7.09. The minimum atomic E-state index is -0.504. The van der Waals surface area contributed by atoms with Gasteiger partial charge in [0.1, 0.15) is 11.6 Å². The van der Waals surface area contributed by atoms with Gasteiger partial charge in [0.25, 0.3) is 5.91 Å². The predicted octanol–water partition coefficient (Wildman–Crippen LogP) is 4.06. The molecule has 24 heavy (non-hydrogen) atoms. The smallest absolute Gasteiger partial charge is 0.283 e. The summed E-state index contributed by atoms with van der Waals surface area (Å²) in [5.74, 6) is -0.678. The molecule has 0 bridgehead atoms. The molecule has 0 atom stereocenters. The van der Waals surface area contributed by atoms with Crippen molar-refractivity contribution in [3.05, 3.63) is 45.0 Å². The van der Waals surface area contributed by atoms with Crippen LogP contribution in [0, 0.1) is 12.7 Å². The first-order valence-corrected chi connectivity index (χ1v) is 8.64. The van der Waals surface area contributed by atoms with Crippen LogP contribution >= 0.6 is 11.3 Å². The van der Waals surface area contributed by atoms with Gasteiger partial charge in [-0.25, -0.2) is 4.39 Å². The highest BCUT2D eigenvalue weighted by atomic mass is 32.1. The summed E-state index contributed by atoms with van der Waals surface area (Å²) in [6.45, 7) is 11.2. The van der Waals surface area contributed by atoms with Crippen LogP contribution < -0.4 is 9.54 Å². The number of rotatable bonds is 3. The molecule has 0 aliphatic heterocycles. The number of benzene rings is 1. The van der Waals surface area contributed by atoms with Gasteiger partial charge >= 0.3 is 0 Å². The molecule has 130 valence electrons. The fourth-order valence-corrected chi connectivity index (χ4v) is 3.88. The monoisotopic (exact) mass is 350 g/mol. The number of nitrogens with zero attached hydrogens (tertiary/aromatic N) is 2. The van der Waals surface area contributed by atoms with E-state index in [1.54, 1.807) is 0 Å². The van der Waals surface area contributed by atoms with Crippen molar-refractivity contribution < 1.29 is 13.9 Å². The molecule has 0 aliphatic carbocycles. The lowest BCUT2D eigenvalue weighted by Crippen LogP contribution is -2.18. The lowest BCUT2D eigenvalue weighted by Gasteiger charge is -2.17. The Balaban J connectivity index is 2.60. The fraction of sp³-hybridized carbons (Fsp3) is 0.444. The number of carbonyl (C=O) groups excluding carboxylic acids is 1. The van der Waals surface area contributed by atoms with Crippen LogP contribution in [0.3, 0.4) is 0 Å². The third kappa shape index (κ3) is 3.59. The Bertz CT molecular complexity index is 829. The maximum atomic E-state index is 13.5. The summed E-state index contributed by atoms with van der Waals surface area (Å²) in [5, 5.41) is 0. The molecule has 1 amide bonds. The molecular weight excluding hydrogens is 327 g/mol. The second kappa shape index (κ2) is 6.89. The number of amides is 1. The van der Waals surface area contributed by atoms with E-state index < -0.39 is 11.7 Å². The molecule has 4 nitrogen and oxygen atoms in total. The first-order chi connectivity index (χ1) is 11.2. The summed E-state index contributed by atoms with van der Waals surface area (Å²) >= 11 is 1.50. The van der Waals surface area contributed by atoms with E-state index in [-0.39, 0.29) is 11.0 Å². The van der Waals surface area contributed by atoms with Crippen LogP contribution in [0.1, 0.15) is 48.6 Å². The number of aromatic nitrogens is 1. The molecule has 0 aliphatic rings. The normalized spacial score (nSPS) is 12.5. The summed E-state index contributed by atoms with van der Waals surface area (Å²) in [7, 11) is 1.45. The number of carbonyl (C=O) groups is 1. The molecule has 1 aromatic carbocycles. The van der Waals surface area contributed by atoms with Crippen molar-refractivity contribution in [2.45, 2.75) is 46.6 Å². The van der Waals surface area contributed by atoms with Crippen LogP contribution in [-0.4, -0.2) is 17.6 Å². The van der Waals surface area contributed by atoms with Gasteiger partial charge < -0.3 is 9.30 Å². The van der Waals surface area contributed by atoms with E-state index in [1.807, 2.05) is 18.4 Å². The molecular formula is C18H23FN2O2S. The predicted molar refractivity (Wildman–Crippen MR) is 94.3 cm³/mol. The lowest BCUT2D eigenvalue weighted by atomic mass is 9.93. The minimum Gasteiger partial charge on any atom is -0.496 e. The van der Waals surface area contributed by atoms with Gasteiger partial charge in [0.15, 0.2) is 4.80 Å². The van der Waals surface area contributed by atoms with E-state index in [0.717, 1.165) is 11.8 Å². The topological polar surface area (TPSA) is 43.6 Å². The molecule has 0 saturated heterocycles. The SMILES string of the molecule is CCn1c(C)c(C(C)(C)C)sc1=NC(=O)c1cc(F)ccc1OC. The molecule has 6 heteroatoms. The van der Waals surface area contributed by atoms with Gasteiger partial charge in [0.2, 0.25) is 0 Å². The average molecular weight is 350 g/mol. The summed E-state index contributed by atoms with van der Waals surface area (Å²) in [4.78, 5) is 18.6. The van der Waals surface area contributed by atoms with E-state index >= 15 is 0 Å². The Morgan fingerprint density at radius 3 is 2.58 bits per heavy atom. The zero-order chi connectivity index (χ0) is 18.1. The number of ether oxygens (including phenoxy) is 1. The van der Waals surface area contributed by atoms with Gasteiger partial charge in [0.05, 0.1) is 12.7 Å². The average Bonchev–Trinajstić information content (AvgIpc) is 2.82. The van der Waals surface area contributed by atoms with Crippen LogP contribution in [0.5, 0.6) is 5.75 Å². The minimum absolute atomic E-state index is 0.0287. The number of thiazole rings is 1. The standard InChI is InChI=1S/C18H23FN2O2S/c1-7-21-11(2)15(18(3,4)5)24-17(21)20-16(22)13-10-12(19)8-9-14(13)23-6/h8-10H,7H2,1-6H3. The molecule has 0 unspecified atom stereocenters. The molecule has 0 radical (unpaired) electrons. The van der Waals surface area contributed by atoms with Crippen molar-refractivity contribution in [1.82, 2.24) is 4.57 Å². The van der Waals surface area contributed by atoms with E-state index in [0.29, 0.717) is 17.1 Å². The van der Waals surface area contributed by atoms with Crippen LogP contribution in [0.15, 0.2) is 23.2 Å². The van der Waals surface area contributed by atoms with Crippen LogP contribution in [0.4, 0.5) is 4.39 Å². The third-order valence-electron chi connectivity index (χ3n) is 3.74. The zero-order valence-corrected chi connectivity index (χ0v) is 15.8. The van der Waals surface area contributed by atoms with E-state index in [4.69, 9.17) is 4.74 Å². The molecule has 0 spiro atoms. The highest BCUT2D eigenvalue weighted by Gasteiger charge is 2.22. The Morgan fingerprint density at radius 2 is 2.04 bits per heavy atom. The Hall–Kier alpha value is -1.95. The second-order valence-electron chi connectivity index (χ2n) is 6.55. The third-order valence-corrected chi connectivity index (χ3v) is 5.35. The largest absolute Gasteiger partial charge is 0.496 e. The number of halogens is 1. The van der Waals surface area contributed by atoms with Crippen LogP contribution in [-0.2, 0) is 12.0 Å². The van der Waals surface area contributed by atoms with Crippen molar-refractivity contribution in [3.8, 4) is 5.75 Å². The van der Waals surface area contributed by atoms with Crippen molar-refractivity contribution in [1.29, 1.82) is 0 Å². The summed E-state index contributed by atoms with van der Waals surface area (Å²) < 4.78 is 20.7. The summed E-state index contributed by atoms with van der Waals surface area (Å²) in [6.07, 6.45) is 0. The van der Waals surface area contributed by atoms with Gasteiger partial charge in [0, 0.05) is 17.1 Å². The van der Waals surface area contributed by atoms with Gasteiger partial charge in [-0.15, -0.1) is 11.3 Å². The van der Waals surface area contributed by atoms with E-state index in [9.17, 15) is 9.18 Å². The maximum absolute atomic E-state index is 13.5. The highest BCUT2D eigenvalue weighted by Crippen LogP contribution is 2.28. The Kier molecular flexibility index (Phi) is 5.28. The molecule has 0 fully saturated rings. The quantitative estimate of drug-likeness (QED) is 0.838. The second-order valence-corrected chi connectivity index (χ2v) is 7.53. The van der Waals surface area contributed by atoms with Crippen molar-refractivity contribution >= 4 is 17.2 Å². The Morgan fingerprint density at radius 1 is 1.38 bits per heavy atom.